The van der Waals surface area contributed by atoms with Gasteiger partial charge in [-0.05, 0) is 59.0 Å². The molecule has 2 heterocycles. The lowest BCUT2D eigenvalue weighted by Crippen LogP contribution is -2.38. The van der Waals surface area contributed by atoms with Crippen LogP contribution in [0.15, 0.2) is 54.6 Å². The fourth-order valence-corrected chi connectivity index (χ4v) is 4.67. The molecule has 5 rings (SSSR count). The first-order valence-corrected chi connectivity index (χ1v) is 12.0. The molecule has 1 fully saturated rings. The maximum atomic E-state index is 9.93. The number of benzene rings is 3. The van der Waals surface area contributed by atoms with Gasteiger partial charge in [-0.25, -0.2) is 0 Å². The highest BCUT2D eigenvalue weighted by molar-refractivity contribution is 6.32. The Balaban J connectivity index is 1.25. The average molecular weight is 481 g/mol. The van der Waals surface area contributed by atoms with E-state index in [0.29, 0.717) is 43.7 Å². The Morgan fingerprint density at radius 1 is 1.06 bits per heavy atom. The van der Waals surface area contributed by atoms with Crippen LogP contribution in [0.4, 0.5) is 0 Å². The van der Waals surface area contributed by atoms with Crippen LogP contribution in [-0.4, -0.2) is 43.6 Å². The molecular formula is C27H29ClN2O4. The molecule has 2 unspecified atom stereocenters. The summed E-state index contributed by atoms with van der Waals surface area (Å²) >= 11 is 6.51. The molecular weight excluding hydrogens is 452 g/mol. The fourth-order valence-electron chi connectivity index (χ4n) is 4.41. The van der Waals surface area contributed by atoms with E-state index in [9.17, 15) is 5.11 Å². The Morgan fingerprint density at radius 3 is 2.71 bits per heavy atom. The number of halogens is 1. The summed E-state index contributed by atoms with van der Waals surface area (Å²) in [5, 5.41) is 17.0. The number of hydrogen-bond donors (Lipinski definition) is 3. The molecule has 2 aliphatic rings. The van der Waals surface area contributed by atoms with Gasteiger partial charge >= 0.3 is 0 Å². The summed E-state index contributed by atoms with van der Waals surface area (Å²) in [6.45, 7) is 5.70. The number of fused-ring (bicyclic) bond motifs is 1. The molecule has 178 valence electrons. The third-order valence-corrected chi connectivity index (χ3v) is 6.72. The number of nitrogens with one attached hydrogen (secondary N) is 2. The van der Waals surface area contributed by atoms with Gasteiger partial charge in [0.1, 0.15) is 25.6 Å². The van der Waals surface area contributed by atoms with Crippen molar-refractivity contribution < 1.29 is 19.3 Å². The van der Waals surface area contributed by atoms with E-state index in [-0.39, 0.29) is 12.1 Å². The van der Waals surface area contributed by atoms with Gasteiger partial charge in [0.15, 0.2) is 11.5 Å². The normalized spacial score (nSPS) is 19.3. The van der Waals surface area contributed by atoms with Crippen LogP contribution in [0.5, 0.6) is 17.2 Å². The van der Waals surface area contributed by atoms with E-state index in [2.05, 4.69) is 35.8 Å². The smallest absolute Gasteiger partial charge is 0.161 e. The zero-order valence-electron chi connectivity index (χ0n) is 19.1. The zero-order valence-corrected chi connectivity index (χ0v) is 19.9. The Hall–Kier alpha value is -2.77. The van der Waals surface area contributed by atoms with Crippen molar-refractivity contribution in [2.45, 2.75) is 32.2 Å². The Labute approximate surface area is 204 Å². The van der Waals surface area contributed by atoms with Gasteiger partial charge in [-0.15, -0.1) is 0 Å². The van der Waals surface area contributed by atoms with Crippen LogP contribution in [0, 0.1) is 6.92 Å². The van der Waals surface area contributed by atoms with E-state index in [1.165, 1.54) is 0 Å². The molecule has 34 heavy (non-hydrogen) atoms. The Kier molecular flexibility index (Phi) is 6.92. The minimum Gasteiger partial charge on any atom is -0.487 e. The van der Waals surface area contributed by atoms with Gasteiger partial charge in [0.2, 0.25) is 0 Å². The molecule has 0 spiro atoms. The van der Waals surface area contributed by atoms with Crippen molar-refractivity contribution in [2.75, 3.05) is 26.3 Å². The number of β-amino-alcohol motifs (C(OH)–C–C–N with tert-alkyl or cyclic N) is 1. The summed E-state index contributed by atoms with van der Waals surface area (Å²) in [5.74, 6) is 2.22. The molecule has 3 aromatic rings. The molecule has 2 aliphatic heterocycles. The maximum Gasteiger partial charge on any atom is 0.161 e. The molecule has 1 saturated heterocycles. The van der Waals surface area contributed by atoms with Crippen LogP contribution >= 0.6 is 11.6 Å². The first-order chi connectivity index (χ1) is 16.6. The van der Waals surface area contributed by atoms with Crippen molar-refractivity contribution >= 4 is 11.6 Å². The van der Waals surface area contributed by atoms with Crippen LogP contribution in [0.3, 0.4) is 0 Å². The lowest BCUT2D eigenvalue weighted by Gasteiger charge is -2.20. The van der Waals surface area contributed by atoms with Crippen LogP contribution in [0.1, 0.15) is 16.7 Å². The van der Waals surface area contributed by atoms with Crippen molar-refractivity contribution in [3.05, 3.63) is 76.3 Å². The molecule has 0 saturated carbocycles. The molecule has 7 heteroatoms. The monoisotopic (exact) mass is 480 g/mol. The first-order valence-electron chi connectivity index (χ1n) is 11.6. The van der Waals surface area contributed by atoms with Gasteiger partial charge in [0.25, 0.3) is 0 Å². The summed E-state index contributed by atoms with van der Waals surface area (Å²) in [4.78, 5) is 0. The van der Waals surface area contributed by atoms with Gasteiger partial charge < -0.3 is 30.0 Å². The highest BCUT2D eigenvalue weighted by Crippen LogP contribution is 2.36. The highest BCUT2D eigenvalue weighted by Gasteiger charge is 2.24. The van der Waals surface area contributed by atoms with E-state index < -0.39 is 0 Å². The zero-order chi connectivity index (χ0) is 23.5. The van der Waals surface area contributed by atoms with E-state index in [1.54, 1.807) is 0 Å². The first kappa shape index (κ1) is 23.0. The quantitative estimate of drug-likeness (QED) is 0.473. The van der Waals surface area contributed by atoms with E-state index in [0.717, 1.165) is 45.9 Å². The van der Waals surface area contributed by atoms with Crippen LogP contribution in [0.25, 0.3) is 11.1 Å². The average Bonchev–Trinajstić information content (AvgIpc) is 3.27. The topological polar surface area (TPSA) is 72.0 Å². The third-order valence-electron chi connectivity index (χ3n) is 6.43. The molecule has 0 aliphatic carbocycles. The van der Waals surface area contributed by atoms with Crippen molar-refractivity contribution in [3.63, 3.8) is 0 Å². The SMILES string of the molecule is Cc1c(COc2ccc(CNC3CNCC3O)cc2Cl)cccc1-c1ccc2c(c1)OCCO2. The van der Waals surface area contributed by atoms with Crippen molar-refractivity contribution in [3.8, 4) is 28.4 Å². The number of aliphatic hydroxyl groups is 1. The highest BCUT2D eigenvalue weighted by atomic mass is 35.5. The van der Waals surface area contributed by atoms with Crippen LogP contribution in [-0.2, 0) is 13.2 Å². The summed E-state index contributed by atoms with van der Waals surface area (Å²) in [5.41, 5.74) is 5.51. The number of ether oxygens (including phenoxy) is 3. The van der Waals surface area contributed by atoms with Crippen LogP contribution in [0.2, 0.25) is 5.02 Å². The molecule has 0 aromatic heterocycles. The van der Waals surface area contributed by atoms with Crippen molar-refractivity contribution in [2.24, 2.45) is 0 Å². The van der Waals surface area contributed by atoms with Gasteiger partial charge in [-0.3, -0.25) is 0 Å². The second-order valence-electron chi connectivity index (χ2n) is 8.71. The molecule has 0 radical (unpaired) electrons. The molecule has 6 nitrogen and oxygen atoms in total. The predicted octanol–water partition coefficient (Wildman–Crippen LogP) is 4.09. The minimum atomic E-state index is -0.362. The number of hydrogen-bond acceptors (Lipinski definition) is 6. The second-order valence-corrected chi connectivity index (χ2v) is 9.12. The molecule has 0 bridgehead atoms. The van der Waals surface area contributed by atoms with E-state index >= 15 is 0 Å². The number of rotatable bonds is 7. The summed E-state index contributed by atoms with van der Waals surface area (Å²) in [7, 11) is 0. The molecule has 2 atom stereocenters. The second kappa shape index (κ2) is 10.2. The molecule has 3 aromatic carbocycles. The van der Waals surface area contributed by atoms with Gasteiger partial charge in [-0.2, -0.15) is 0 Å². The Morgan fingerprint density at radius 2 is 1.91 bits per heavy atom. The fraction of sp³-hybridized carbons (Fsp3) is 0.333. The van der Waals surface area contributed by atoms with Crippen molar-refractivity contribution in [1.82, 2.24) is 10.6 Å². The molecule has 0 amide bonds. The van der Waals surface area contributed by atoms with E-state index in [4.69, 9.17) is 25.8 Å². The molecule has 3 N–H and O–H groups in total. The van der Waals surface area contributed by atoms with Gasteiger partial charge in [-0.1, -0.05) is 41.9 Å². The predicted molar refractivity (Wildman–Crippen MR) is 133 cm³/mol. The lowest BCUT2D eigenvalue weighted by atomic mass is 9.96. The van der Waals surface area contributed by atoms with Crippen LogP contribution < -0.4 is 24.8 Å². The van der Waals surface area contributed by atoms with E-state index in [1.807, 2.05) is 36.4 Å². The number of aliphatic hydroxyl groups excluding tert-OH is 1. The maximum absolute atomic E-state index is 9.93. The largest absolute Gasteiger partial charge is 0.487 e. The summed E-state index contributed by atoms with van der Waals surface area (Å²) < 4.78 is 17.5. The minimum absolute atomic E-state index is 0.0548. The van der Waals surface area contributed by atoms with Gasteiger partial charge in [0.05, 0.1) is 11.1 Å². The Bertz CT molecular complexity index is 1170. The third kappa shape index (κ3) is 5.00. The lowest BCUT2D eigenvalue weighted by molar-refractivity contribution is 0.162. The summed E-state index contributed by atoms with van der Waals surface area (Å²) in [6, 6.07) is 18.2. The van der Waals surface area contributed by atoms with Crippen molar-refractivity contribution in [1.29, 1.82) is 0 Å². The van der Waals surface area contributed by atoms with Gasteiger partial charge in [0, 0.05) is 25.7 Å². The standard InChI is InChI=1S/C27H29ClN2O4/c1-17-20(3-2-4-21(17)19-6-8-26-27(12-19)33-10-9-32-26)16-34-25-7-5-18(11-22(25)28)13-30-23-14-29-15-24(23)31/h2-8,11-12,23-24,29-31H,9-10,13-16H2,1H3. The summed E-state index contributed by atoms with van der Waals surface area (Å²) in [6.07, 6.45) is -0.362.